The van der Waals surface area contributed by atoms with E-state index in [-0.39, 0.29) is 0 Å². The highest BCUT2D eigenvalue weighted by molar-refractivity contribution is 5.72. The molecule has 3 rings (SSSR count). The van der Waals surface area contributed by atoms with Crippen LogP contribution in [0, 0.1) is 0 Å². The van der Waals surface area contributed by atoms with Crippen molar-refractivity contribution in [2.75, 3.05) is 0 Å². The molecule has 0 aliphatic carbocycles. The standard InChI is InChI=1S/C16H17N2O/c1-17-13-10-6-7-11-14(13)18(2)16(17)15(19)12-8-4-3-5-9-12/h3-11,15,19H,1-2H3/q+1. The van der Waals surface area contributed by atoms with Crippen molar-refractivity contribution < 1.29 is 9.67 Å². The Hall–Kier alpha value is -2.13. The van der Waals surface area contributed by atoms with E-state index in [9.17, 15) is 5.11 Å². The summed E-state index contributed by atoms with van der Waals surface area (Å²) in [5.74, 6) is 0.882. The Morgan fingerprint density at radius 2 is 1.63 bits per heavy atom. The van der Waals surface area contributed by atoms with E-state index in [0.29, 0.717) is 0 Å². The summed E-state index contributed by atoms with van der Waals surface area (Å²) in [5, 5.41) is 10.6. The zero-order valence-electron chi connectivity index (χ0n) is 11.1. The zero-order valence-corrected chi connectivity index (χ0v) is 11.1. The molecule has 0 bridgehead atoms. The Labute approximate surface area is 112 Å². The van der Waals surface area contributed by atoms with Gasteiger partial charge >= 0.3 is 0 Å². The molecule has 0 spiro atoms. The van der Waals surface area contributed by atoms with Gasteiger partial charge in [-0.2, -0.15) is 0 Å². The van der Waals surface area contributed by atoms with Gasteiger partial charge < -0.3 is 5.11 Å². The molecule has 1 atom stereocenters. The third-order valence-corrected chi connectivity index (χ3v) is 3.65. The molecule has 1 aromatic heterocycles. The monoisotopic (exact) mass is 253 g/mol. The van der Waals surface area contributed by atoms with Gasteiger partial charge in [-0.3, -0.25) is 0 Å². The summed E-state index contributed by atoms with van der Waals surface area (Å²) in [4.78, 5) is 0. The van der Waals surface area contributed by atoms with Crippen molar-refractivity contribution in [1.82, 2.24) is 4.57 Å². The molecule has 96 valence electrons. The van der Waals surface area contributed by atoms with Gasteiger partial charge in [0.2, 0.25) is 0 Å². The van der Waals surface area contributed by atoms with E-state index >= 15 is 0 Å². The molecular formula is C16H17N2O+. The van der Waals surface area contributed by atoms with Crippen LogP contribution in [0.25, 0.3) is 11.0 Å². The predicted octanol–water partition coefficient (Wildman–Crippen LogP) is 2.08. The van der Waals surface area contributed by atoms with Crippen molar-refractivity contribution in [2.24, 2.45) is 14.1 Å². The van der Waals surface area contributed by atoms with Crippen molar-refractivity contribution in [1.29, 1.82) is 0 Å². The van der Waals surface area contributed by atoms with Gasteiger partial charge in [-0.15, -0.1) is 0 Å². The summed E-state index contributed by atoms with van der Waals surface area (Å²) in [5.41, 5.74) is 3.15. The summed E-state index contributed by atoms with van der Waals surface area (Å²) in [6.45, 7) is 0. The van der Waals surface area contributed by atoms with E-state index in [1.165, 1.54) is 0 Å². The fourth-order valence-corrected chi connectivity index (χ4v) is 2.65. The molecular weight excluding hydrogens is 236 g/mol. The minimum absolute atomic E-state index is 0.622. The molecule has 0 aliphatic heterocycles. The summed E-state index contributed by atoms with van der Waals surface area (Å²) < 4.78 is 4.10. The smallest absolute Gasteiger partial charge is 0.291 e. The number of nitrogens with zero attached hydrogens (tertiary/aromatic N) is 2. The first-order chi connectivity index (χ1) is 9.20. The molecule has 1 N–H and O–H groups in total. The van der Waals surface area contributed by atoms with Crippen molar-refractivity contribution in [3.05, 3.63) is 66.0 Å². The van der Waals surface area contributed by atoms with E-state index < -0.39 is 6.10 Å². The van der Waals surface area contributed by atoms with E-state index in [4.69, 9.17) is 0 Å². The summed E-state index contributed by atoms with van der Waals surface area (Å²) in [6, 6.07) is 17.9. The number of imidazole rings is 1. The molecule has 19 heavy (non-hydrogen) atoms. The molecule has 0 aliphatic rings. The minimum atomic E-state index is -0.622. The number of rotatable bonds is 2. The maximum atomic E-state index is 10.6. The van der Waals surface area contributed by atoms with Crippen molar-refractivity contribution >= 4 is 11.0 Å². The normalized spacial score (nSPS) is 12.8. The number of hydrogen-bond donors (Lipinski definition) is 1. The topological polar surface area (TPSA) is 29.0 Å². The molecule has 2 aromatic carbocycles. The molecule has 3 nitrogen and oxygen atoms in total. The van der Waals surface area contributed by atoms with E-state index in [0.717, 1.165) is 22.4 Å². The molecule has 3 aromatic rings. The Bertz CT molecular complexity index is 677. The summed E-state index contributed by atoms with van der Waals surface area (Å²) >= 11 is 0. The van der Waals surface area contributed by atoms with Gasteiger partial charge in [0.05, 0.1) is 14.1 Å². The largest absolute Gasteiger partial charge is 0.376 e. The second kappa shape index (κ2) is 4.52. The zero-order chi connectivity index (χ0) is 13.4. The van der Waals surface area contributed by atoms with Crippen molar-refractivity contribution in [2.45, 2.75) is 6.10 Å². The lowest BCUT2D eigenvalue weighted by Gasteiger charge is -2.08. The van der Waals surface area contributed by atoms with Gasteiger partial charge in [-0.1, -0.05) is 42.5 Å². The van der Waals surface area contributed by atoms with Crippen LogP contribution in [-0.4, -0.2) is 9.67 Å². The van der Waals surface area contributed by atoms with Crippen LogP contribution in [0.4, 0.5) is 0 Å². The number of hydrogen-bond acceptors (Lipinski definition) is 1. The summed E-state index contributed by atoms with van der Waals surface area (Å²) in [7, 11) is 3.98. The predicted molar refractivity (Wildman–Crippen MR) is 74.6 cm³/mol. The highest BCUT2D eigenvalue weighted by atomic mass is 16.3. The van der Waals surface area contributed by atoms with Gasteiger partial charge in [0.25, 0.3) is 5.82 Å². The summed E-state index contributed by atoms with van der Waals surface area (Å²) in [6.07, 6.45) is -0.622. The van der Waals surface area contributed by atoms with Gasteiger partial charge in [0.1, 0.15) is 0 Å². The SMILES string of the molecule is Cn1c(C(O)c2ccccc2)[n+](C)c2ccccc21. The fraction of sp³-hybridized carbons (Fsp3) is 0.188. The molecule has 0 amide bonds. The fourth-order valence-electron chi connectivity index (χ4n) is 2.65. The molecule has 3 heteroatoms. The second-order valence-corrected chi connectivity index (χ2v) is 4.78. The van der Waals surface area contributed by atoms with Crippen LogP contribution >= 0.6 is 0 Å². The molecule has 0 radical (unpaired) electrons. The molecule has 0 saturated heterocycles. The number of para-hydroxylation sites is 2. The van der Waals surface area contributed by atoms with E-state index in [1.807, 2.05) is 65.7 Å². The van der Waals surface area contributed by atoms with Crippen LogP contribution in [-0.2, 0) is 14.1 Å². The molecule has 1 unspecified atom stereocenters. The number of aryl methyl sites for hydroxylation is 2. The first kappa shape index (κ1) is 11.9. The van der Waals surface area contributed by atoms with Gasteiger partial charge in [-0.25, -0.2) is 9.13 Å². The van der Waals surface area contributed by atoms with E-state index in [1.54, 1.807) is 0 Å². The highest BCUT2D eigenvalue weighted by Crippen LogP contribution is 2.22. The minimum Gasteiger partial charge on any atom is -0.376 e. The Morgan fingerprint density at radius 1 is 1.00 bits per heavy atom. The lowest BCUT2D eigenvalue weighted by atomic mass is 10.1. The molecule has 0 saturated carbocycles. The van der Waals surface area contributed by atoms with Crippen LogP contribution in [0.3, 0.4) is 0 Å². The quantitative estimate of drug-likeness (QED) is 0.696. The average molecular weight is 253 g/mol. The van der Waals surface area contributed by atoms with Crippen LogP contribution in [0.15, 0.2) is 54.6 Å². The average Bonchev–Trinajstić information content (AvgIpc) is 2.72. The maximum absolute atomic E-state index is 10.6. The molecule has 1 heterocycles. The number of aliphatic hydroxyl groups is 1. The highest BCUT2D eigenvalue weighted by Gasteiger charge is 2.27. The number of fused-ring (bicyclic) bond motifs is 1. The number of benzene rings is 2. The Balaban J connectivity index is 2.21. The van der Waals surface area contributed by atoms with E-state index in [2.05, 4.69) is 12.1 Å². The van der Waals surface area contributed by atoms with Crippen LogP contribution in [0.2, 0.25) is 0 Å². The first-order valence-electron chi connectivity index (χ1n) is 6.36. The van der Waals surface area contributed by atoms with Gasteiger partial charge in [-0.05, 0) is 17.7 Å². The number of aromatic nitrogens is 2. The Kier molecular flexibility index (Phi) is 2.84. The third kappa shape index (κ3) is 1.83. The third-order valence-electron chi connectivity index (χ3n) is 3.65. The lowest BCUT2D eigenvalue weighted by molar-refractivity contribution is -0.657. The van der Waals surface area contributed by atoms with Crippen molar-refractivity contribution in [3.8, 4) is 0 Å². The van der Waals surface area contributed by atoms with Crippen LogP contribution in [0.1, 0.15) is 17.5 Å². The van der Waals surface area contributed by atoms with Crippen LogP contribution < -0.4 is 4.57 Å². The Morgan fingerprint density at radius 3 is 2.32 bits per heavy atom. The van der Waals surface area contributed by atoms with Gasteiger partial charge in [0, 0.05) is 0 Å². The molecule has 0 fully saturated rings. The van der Waals surface area contributed by atoms with Crippen molar-refractivity contribution in [3.63, 3.8) is 0 Å². The second-order valence-electron chi connectivity index (χ2n) is 4.78. The van der Waals surface area contributed by atoms with Gasteiger partial charge in [0.15, 0.2) is 17.1 Å². The van der Waals surface area contributed by atoms with Crippen LogP contribution in [0.5, 0.6) is 0 Å². The first-order valence-corrected chi connectivity index (χ1v) is 6.36. The maximum Gasteiger partial charge on any atom is 0.291 e. The lowest BCUT2D eigenvalue weighted by Crippen LogP contribution is -2.35. The number of aliphatic hydroxyl groups excluding tert-OH is 1.